The van der Waals surface area contributed by atoms with Gasteiger partial charge in [0.25, 0.3) is 0 Å². The normalized spacial score (nSPS) is 13.7. The lowest BCUT2D eigenvalue weighted by molar-refractivity contribution is 0.630. The van der Waals surface area contributed by atoms with Gasteiger partial charge in [0.15, 0.2) is 0 Å². The Labute approximate surface area is 125 Å². The molecule has 0 amide bonds. The Bertz CT molecular complexity index is 903. The first-order valence-electron chi connectivity index (χ1n) is 6.80. The quantitative estimate of drug-likeness (QED) is 0.674. The van der Waals surface area contributed by atoms with E-state index in [1.165, 1.54) is 29.0 Å². The largest absolute Gasteiger partial charge is 0.337 e. The molecule has 1 aromatic heterocycles. The van der Waals surface area contributed by atoms with Crippen LogP contribution in [0.3, 0.4) is 0 Å². The van der Waals surface area contributed by atoms with Crippen molar-refractivity contribution in [3.63, 3.8) is 0 Å². The van der Waals surface area contributed by atoms with Gasteiger partial charge in [-0.15, -0.1) is 11.3 Å². The number of para-hydroxylation sites is 1. The second kappa shape index (κ2) is 4.67. The third-order valence-electron chi connectivity index (χ3n) is 3.89. The first-order valence-corrected chi connectivity index (χ1v) is 7.68. The van der Waals surface area contributed by atoms with Gasteiger partial charge in [-0.1, -0.05) is 18.2 Å². The van der Waals surface area contributed by atoms with Gasteiger partial charge in [0.1, 0.15) is 5.82 Å². The molecule has 2 aromatic carbocycles. The van der Waals surface area contributed by atoms with Crippen LogP contribution in [0, 0.1) is 5.82 Å². The molecule has 2 nitrogen and oxygen atoms in total. The minimum absolute atomic E-state index is 0.0973. The molecular weight excluding hydrogens is 285 g/mol. The number of hydrogen-bond donors (Lipinski definition) is 0. The van der Waals surface area contributed by atoms with Gasteiger partial charge in [0, 0.05) is 27.7 Å². The van der Waals surface area contributed by atoms with Crippen molar-refractivity contribution in [1.29, 1.82) is 0 Å². The van der Waals surface area contributed by atoms with Crippen molar-refractivity contribution in [2.45, 2.75) is 6.42 Å². The van der Waals surface area contributed by atoms with E-state index in [1.54, 1.807) is 6.07 Å². The summed E-state index contributed by atoms with van der Waals surface area (Å²) >= 11 is 1.48. The molecule has 0 fully saturated rings. The van der Waals surface area contributed by atoms with Crippen LogP contribution in [-0.2, 0) is 6.42 Å². The SMILES string of the molecule is O=c1c(N2CCc3ccccc32)csc2ccc(F)cc12. The van der Waals surface area contributed by atoms with Crippen molar-refractivity contribution in [2.75, 3.05) is 11.4 Å². The number of fused-ring (bicyclic) bond motifs is 2. The molecule has 0 radical (unpaired) electrons. The maximum absolute atomic E-state index is 13.4. The molecule has 3 aromatic rings. The number of hydrogen-bond acceptors (Lipinski definition) is 3. The highest BCUT2D eigenvalue weighted by Gasteiger charge is 2.22. The molecule has 0 saturated heterocycles. The maximum Gasteiger partial charge on any atom is 0.211 e. The van der Waals surface area contributed by atoms with E-state index in [2.05, 4.69) is 6.07 Å². The first-order chi connectivity index (χ1) is 10.2. The van der Waals surface area contributed by atoms with Gasteiger partial charge in [0.05, 0.1) is 5.69 Å². The molecule has 1 aliphatic heterocycles. The number of benzene rings is 2. The van der Waals surface area contributed by atoms with Gasteiger partial charge in [-0.2, -0.15) is 0 Å². The standard InChI is InChI=1S/C17H12FNOS/c18-12-5-6-16-13(9-12)17(20)15(10-21-16)19-8-7-11-3-1-2-4-14(11)19/h1-6,9-10H,7-8H2. The average Bonchev–Trinajstić information content (AvgIpc) is 2.92. The van der Waals surface area contributed by atoms with Crippen molar-refractivity contribution in [3.8, 4) is 0 Å². The zero-order chi connectivity index (χ0) is 14.4. The minimum Gasteiger partial charge on any atom is -0.337 e. The third-order valence-corrected chi connectivity index (χ3v) is 4.85. The van der Waals surface area contributed by atoms with E-state index in [0.717, 1.165) is 23.4 Å². The fourth-order valence-corrected chi connectivity index (χ4v) is 3.77. The highest BCUT2D eigenvalue weighted by atomic mass is 32.1. The van der Waals surface area contributed by atoms with Crippen LogP contribution in [-0.4, -0.2) is 6.54 Å². The summed E-state index contributed by atoms with van der Waals surface area (Å²) < 4.78 is 14.2. The summed E-state index contributed by atoms with van der Waals surface area (Å²) in [4.78, 5) is 14.7. The van der Waals surface area contributed by atoms with Crippen LogP contribution in [0.25, 0.3) is 10.1 Å². The Morgan fingerprint density at radius 1 is 1.10 bits per heavy atom. The molecule has 0 unspecified atom stereocenters. The summed E-state index contributed by atoms with van der Waals surface area (Å²) in [5, 5.41) is 2.34. The predicted octanol–water partition coefficient (Wildman–Crippen LogP) is 4.09. The van der Waals surface area contributed by atoms with E-state index in [9.17, 15) is 9.18 Å². The lowest BCUT2D eigenvalue weighted by Crippen LogP contribution is -2.20. The van der Waals surface area contributed by atoms with Crippen molar-refractivity contribution >= 4 is 32.8 Å². The summed E-state index contributed by atoms with van der Waals surface area (Å²) in [6.45, 7) is 0.794. The van der Waals surface area contributed by atoms with Crippen LogP contribution in [0.2, 0.25) is 0 Å². The van der Waals surface area contributed by atoms with E-state index in [1.807, 2.05) is 28.5 Å². The Kier molecular flexibility index (Phi) is 2.79. The fourth-order valence-electron chi connectivity index (χ4n) is 2.87. The molecule has 0 saturated carbocycles. The fraction of sp³-hybridized carbons (Fsp3) is 0.118. The molecule has 104 valence electrons. The lowest BCUT2D eigenvalue weighted by atomic mass is 10.2. The Hall–Kier alpha value is -2.20. The number of rotatable bonds is 1. The van der Waals surface area contributed by atoms with Crippen LogP contribution < -0.4 is 10.3 Å². The lowest BCUT2D eigenvalue weighted by Gasteiger charge is -2.18. The van der Waals surface area contributed by atoms with E-state index < -0.39 is 0 Å². The zero-order valence-corrected chi connectivity index (χ0v) is 12.0. The summed E-state index contributed by atoms with van der Waals surface area (Å²) in [5.74, 6) is -0.370. The first kappa shape index (κ1) is 12.5. The third kappa shape index (κ3) is 1.94. The molecule has 4 heteroatoms. The smallest absolute Gasteiger partial charge is 0.211 e. The molecule has 0 spiro atoms. The number of anilines is 2. The maximum atomic E-state index is 13.4. The Morgan fingerprint density at radius 2 is 1.95 bits per heavy atom. The summed E-state index contributed by atoms with van der Waals surface area (Å²) in [6.07, 6.45) is 0.932. The average molecular weight is 297 g/mol. The topological polar surface area (TPSA) is 20.3 Å². The number of nitrogens with zero attached hydrogens (tertiary/aromatic N) is 1. The second-order valence-corrected chi connectivity index (χ2v) is 6.03. The molecule has 1 aliphatic rings. The van der Waals surface area contributed by atoms with Gasteiger partial charge in [-0.3, -0.25) is 4.79 Å². The van der Waals surface area contributed by atoms with Crippen molar-refractivity contribution in [2.24, 2.45) is 0 Å². The molecule has 4 rings (SSSR count). The zero-order valence-electron chi connectivity index (χ0n) is 11.2. The van der Waals surface area contributed by atoms with Gasteiger partial charge in [-0.25, -0.2) is 4.39 Å². The van der Waals surface area contributed by atoms with Crippen LogP contribution in [0.15, 0.2) is 52.6 Å². The summed E-state index contributed by atoms with van der Waals surface area (Å²) in [6, 6.07) is 12.5. The minimum atomic E-state index is -0.370. The van der Waals surface area contributed by atoms with Crippen LogP contribution in [0.5, 0.6) is 0 Å². The van der Waals surface area contributed by atoms with Crippen molar-refractivity contribution in [3.05, 3.63) is 69.4 Å². The summed E-state index contributed by atoms with van der Waals surface area (Å²) in [7, 11) is 0. The highest BCUT2D eigenvalue weighted by molar-refractivity contribution is 7.16. The molecule has 21 heavy (non-hydrogen) atoms. The van der Waals surface area contributed by atoms with E-state index in [-0.39, 0.29) is 11.2 Å². The predicted molar refractivity (Wildman–Crippen MR) is 85.2 cm³/mol. The molecule has 0 N–H and O–H groups in total. The van der Waals surface area contributed by atoms with Crippen molar-refractivity contribution in [1.82, 2.24) is 0 Å². The molecule has 0 atom stereocenters. The van der Waals surface area contributed by atoms with E-state index in [0.29, 0.717) is 11.1 Å². The summed E-state index contributed by atoms with van der Waals surface area (Å²) in [5.41, 5.74) is 2.88. The van der Waals surface area contributed by atoms with E-state index >= 15 is 0 Å². The van der Waals surface area contributed by atoms with Gasteiger partial charge < -0.3 is 4.90 Å². The van der Waals surface area contributed by atoms with Crippen LogP contribution in [0.1, 0.15) is 5.56 Å². The van der Waals surface area contributed by atoms with Gasteiger partial charge in [0.2, 0.25) is 5.43 Å². The highest BCUT2D eigenvalue weighted by Crippen LogP contribution is 2.34. The second-order valence-electron chi connectivity index (χ2n) is 5.12. The molecule has 0 aliphatic carbocycles. The van der Waals surface area contributed by atoms with Crippen molar-refractivity contribution < 1.29 is 4.39 Å². The number of halogens is 1. The van der Waals surface area contributed by atoms with Gasteiger partial charge in [-0.05, 0) is 36.2 Å². The monoisotopic (exact) mass is 297 g/mol. The van der Waals surface area contributed by atoms with Gasteiger partial charge >= 0.3 is 0 Å². The van der Waals surface area contributed by atoms with Crippen LogP contribution in [0.4, 0.5) is 15.8 Å². The molecular formula is C17H12FNOS. The van der Waals surface area contributed by atoms with Crippen LogP contribution >= 0.6 is 11.3 Å². The Balaban J connectivity index is 1.93. The Morgan fingerprint density at radius 3 is 2.86 bits per heavy atom. The van der Waals surface area contributed by atoms with E-state index in [4.69, 9.17) is 0 Å². The molecule has 0 bridgehead atoms. The molecule has 2 heterocycles.